The number of carbonyl (C=O) groups is 1. The summed E-state index contributed by atoms with van der Waals surface area (Å²) in [6.45, 7) is 9.16. The average molecular weight is 216 g/mol. The molecule has 0 heterocycles. The molecule has 0 aromatic rings. The maximum absolute atomic E-state index is 11.9. The molecule has 1 amide bonds. The number of nitrogens with one attached hydrogen (secondary N) is 1. The zero-order valence-electron chi connectivity index (χ0n) is 10.4. The van der Waals surface area contributed by atoms with E-state index in [1.54, 1.807) is 0 Å². The van der Waals surface area contributed by atoms with Gasteiger partial charge in [-0.2, -0.15) is 0 Å². The number of aliphatic hydroxyl groups excluding tert-OH is 1. The second-order valence-corrected chi connectivity index (χ2v) is 5.11. The van der Waals surface area contributed by atoms with Gasteiger partial charge >= 0.3 is 0 Å². The summed E-state index contributed by atoms with van der Waals surface area (Å²) < 4.78 is 0. The Morgan fingerprint density at radius 2 is 1.87 bits per heavy atom. The van der Waals surface area contributed by atoms with Crippen LogP contribution < -0.4 is 11.1 Å². The van der Waals surface area contributed by atoms with Crippen molar-refractivity contribution in [2.75, 3.05) is 6.61 Å². The average Bonchev–Trinajstić information content (AvgIpc) is 2.11. The van der Waals surface area contributed by atoms with E-state index in [0.717, 1.165) is 0 Å². The van der Waals surface area contributed by atoms with Crippen LogP contribution in [0.1, 0.15) is 41.0 Å². The van der Waals surface area contributed by atoms with Crippen molar-refractivity contribution in [2.45, 2.75) is 52.6 Å². The van der Waals surface area contributed by atoms with Crippen LogP contribution in [0.25, 0.3) is 0 Å². The molecule has 1 atom stereocenters. The summed E-state index contributed by atoms with van der Waals surface area (Å²) in [5.41, 5.74) is 4.70. The number of hydrogen-bond donors (Lipinski definition) is 3. The maximum Gasteiger partial charge on any atom is 0.227 e. The minimum atomic E-state index is -0.657. The Morgan fingerprint density at radius 1 is 1.40 bits per heavy atom. The summed E-state index contributed by atoms with van der Waals surface area (Å²) in [5, 5.41) is 11.8. The van der Waals surface area contributed by atoms with E-state index in [4.69, 9.17) is 10.8 Å². The molecule has 15 heavy (non-hydrogen) atoms. The van der Waals surface area contributed by atoms with Gasteiger partial charge in [-0.05, 0) is 34.1 Å². The van der Waals surface area contributed by atoms with Gasteiger partial charge in [0.1, 0.15) is 0 Å². The molecule has 0 aliphatic heterocycles. The predicted octanol–water partition coefficient (Wildman–Crippen LogP) is 0.637. The van der Waals surface area contributed by atoms with Gasteiger partial charge in [-0.15, -0.1) is 0 Å². The molecule has 4 heteroatoms. The molecule has 0 aromatic carbocycles. The van der Waals surface area contributed by atoms with Crippen molar-refractivity contribution >= 4 is 5.91 Å². The summed E-state index contributed by atoms with van der Waals surface area (Å²) in [7, 11) is 0. The van der Waals surface area contributed by atoms with Crippen molar-refractivity contribution in [1.82, 2.24) is 5.32 Å². The van der Waals surface area contributed by atoms with Gasteiger partial charge < -0.3 is 16.2 Å². The number of nitrogens with two attached hydrogens (primary N) is 1. The molecule has 0 spiro atoms. The van der Waals surface area contributed by atoms with E-state index < -0.39 is 11.0 Å². The van der Waals surface area contributed by atoms with Crippen LogP contribution in [-0.2, 0) is 4.79 Å². The standard InChI is InChI=1S/C11H24N2O2/c1-6-8(7-14)13-9(15)10(2,3)11(4,5)12/h8,14H,6-7,12H2,1-5H3,(H,13,15). The second kappa shape index (κ2) is 4.94. The molecule has 0 aliphatic carbocycles. The molecule has 0 radical (unpaired) electrons. The Morgan fingerprint density at radius 3 is 2.13 bits per heavy atom. The quantitative estimate of drug-likeness (QED) is 0.631. The fraction of sp³-hybridized carbons (Fsp3) is 0.909. The van der Waals surface area contributed by atoms with Crippen LogP contribution in [-0.4, -0.2) is 29.2 Å². The highest BCUT2D eigenvalue weighted by Crippen LogP contribution is 2.28. The van der Waals surface area contributed by atoms with Gasteiger partial charge in [0.25, 0.3) is 0 Å². The van der Waals surface area contributed by atoms with Crippen LogP contribution in [0.3, 0.4) is 0 Å². The second-order valence-electron chi connectivity index (χ2n) is 5.11. The summed E-state index contributed by atoms with van der Waals surface area (Å²) in [5.74, 6) is -0.115. The molecular formula is C11H24N2O2. The lowest BCUT2D eigenvalue weighted by Crippen LogP contribution is -2.57. The van der Waals surface area contributed by atoms with E-state index in [1.807, 2.05) is 34.6 Å². The molecule has 1 unspecified atom stereocenters. The number of aliphatic hydroxyl groups is 1. The SMILES string of the molecule is CCC(CO)NC(=O)C(C)(C)C(C)(C)N. The molecule has 0 rings (SSSR count). The van der Waals surface area contributed by atoms with Gasteiger partial charge in [0.2, 0.25) is 5.91 Å². The van der Waals surface area contributed by atoms with Gasteiger partial charge in [0.15, 0.2) is 0 Å². The third-order valence-corrected chi connectivity index (χ3v) is 3.23. The van der Waals surface area contributed by atoms with Gasteiger partial charge in [-0.1, -0.05) is 6.92 Å². The van der Waals surface area contributed by atoms with Crippen molar-refractivity contribution in [2.24, 2.45) is 11.1 Å². The maximum atomic E-state index is 11.9. The molecule has 0 saturated carbocycles. The van der Waals surface area contributed by atoms with E-state index >= 15 is 0 Å². The van der Waals surface area contributed by atoms with Gasteiger partial charge in [0.05, 0.1) is 18.1 Å². The highest BCUT2D eigenvalue weighted by Gasteiger charge is 2.40. The Bertz CT molecular complexity index is 215. The lowest BCUT2D eigenvalue weighted by Gasteiger charge is -2.37. The molecule has 0 aliphatic rings. The number of hydrogen-bond acceptors (Lipinski definition) is 3. The molecule has 0 aromatic heterocycles. The van der Waals surface area contributed by atoms with Crippen LogP contribution in [0.2, 0.25) is 0 Å². The summed E-state index contributed by atoms with van der Waals surface area (Å²) in [6.07, 6.45) is 0.712. The smallest absolute Gasteiger partial charge is 0.227 e. The Balaban J connectivity index is 4.58. The van der Waals surface area contributed by atoms with Crippen LogP contribution >= 0.6 is 0 Å². The van der Waals surface area contributed by atoms with Crippen molar-refractivity contribution in [3.05, 3.63) is 0 Å². The van der Waals surface area contributed by atoms with E-state index in [2.05, 4.69) is 5.32 Å². The van der Waals surface area contributed by atoms with Gasteiger partial charge in [-0.25, -0.2) is 0 Å². The molecule has 0 saturated heterocycles. The number of rotatable bonds is 5. The Hall–Kier alpha value is -0.610. The van der Waals surface area contributed by atoms with E-state index in [1.165, 1.54) is 0 Å². The van der Waals surface area contributed by atoms with Gasteiger partial charge in [-0.3, -0.25) is 4.79 Å². The molecule has 0 bridgehead atoms. The minimum absolute atomic E-state index is 0.0384. The van der Waals surface area contributed by atoms with Crippen molar-refractivity contribution in [3.63, 3.8) is 0 Å². The van der Waals surface area contributed by atoms with Crippen molar-refractivity contribution in [1.29, 1.82) is 0 Å². The van der Waals surface area contributed by atoms with Crippen molar-refractivity contribution < 1.29 is 9.90 Å². The number of amides is 1. The topological polar surface area (TPSA) is 75.3 Å². The molecular weight excluding hydrogens is 192 g/mol. The van der Waals surface area contributed by atoms with Crippen molar-refractivity contribution in [3.8, 4) is 0 Å². The van der Waals surface area contributed by atoms with E-state index in [9.17, 15) is 4.79 Å². The third-order valence-electron chi connectivity index (χ3n) is 3.23. The zero-order chi connectivity index (χ0) is 12.3. The van der Waals surface area contributed by atoms with Crippen LogP contribution in [0.5, 0.6) is 0 Å². The Kier molecular flexibility index (Phi) is 4.74. The first kappa shape index (κ1) is 14.4. The summed E-state index contributed by atoms with van der Waals surface area (Å²) >= 11 is 0. The van der Waals surface area contributed by atoms with E-state index in [0.29, 0.717) is 6.42 Å². The third kappa shape index (κ3) is 3.47. The predicted molar refractivity (Wildman–Crippen MR) is 61.4 cm³/mol. The molecule has 4 nitrogen and oxygen atoms in total. The lowest BCUT2D eigenvalue weighted by molar-refractivity contribution is -0.133. The molecule has 4 N–H and O–H groups in total. The highest BCUT2D eigenvalue weighted by molar-refractivity contribution is 5.83. The Labute approximate surface area is 92.2 Å². The number of carbonyl (C=O) groups excluding carboxylic acids is 1. The molecule has 90 valence electrons. The first-order valence-electron chi connectivity index (χ1n) is 5.37. The van der Waals surface area contributed by atoms with Crippen LogP contribution in [0.15, 0.2) is 0 Å². The lowest BCUT2D eigenvalue weighted by atomic mass is 9.74. The normalized spacial score (nSPS) is 14.9. The first-order valence-corrected chi connectivity index (χ1v) is 5.37. The first-order chi connectivity index (χ1) is 6.66. The van der Waals surface area contributed by atoms with E-state index in [-0.39, 0.29) is 18.6 Å². The summed E-state index contributed by atoms with van der Waals surface area (Å²) in [4.78, 5) is 11.9. The zero-order valence-corrected chi connectivity index (χ0v) is 10.4. The summed E-state index contributed by atoms with van der Waals surface area (Å²) in [6, 6.07) is -0.181. The fourth-order valence-corrected chi connectivity index (χ4v) is 0.935. The monoisotopic (exact) mass is 216 g/mol. The van der Waals surface area contributed by atoms with Crippen LogP contribution in [0.4, 0.5) is 0 Å². The minimum Gasteiger partial charge on any atom is -0.394 e. The largest absolute Gasteiger partial charge is 0.394 e. The fourth-order valence-electron chi connectivity index (χ4n) is 0.935. The molecule has 0 fully saturated rings. The van der Waals surface area contributed by atoms with Gasteiger partial charge in [0, 0.05) is 5.54 Å². The highest BCUT2D eigenvalue weighted by atomic mass is 16.3. The van der Waals surface area contributed by atoms with Crippen LogP contribution in [0, 0.1) is 5.41 Å².